The van der Waals surface area contributed by atoms with E-state index in [-0.39, 0.29) is 56.7 Å². The van der Waals surface area contributed by atoms with Gasteiger partial charge in [-0.25, -0.2) is 15.6 Å². The van der Waals surface area contributed by atoms with E-state index in [9.17, 15) is 33.9 Å². The molecule has 16 heteroatoms. The third-order valence-corrected chi connectivity index (χ3v) is 11.3. The second-order valence-corrected chi connectivity index (χ2v) is 16.1. The number of cyclic esters (lactones) is 1. The Morgan fingerprint density at radius 3 is 2.06 bits per heavy atom. The van der Waals surface area contributed by atoms with Crippen LogP contribution >= 0.6 is 11.6 Å². The highest BCUT2D eigenvalue weighted by Gasteiger charge is 2.49. The van der Waals surface area contributed by atoms with Crippen molar-refractivity contribution in [3.63, 3.8) is 0 Å². The number of ether oxygens (including phenoxy) is 1. The fourth-order valence-electron chi connectivity index (χ4n) is 7.41. The highest BCUT2D eigenvalue weighted by atomic mass is 35.5. The van der Waals surface area contributed by atoms with E-state index in [2.05, 4.69) is 16.2 Å². The molecule has 0 aliphatic carbocycles. The van der Waals surface area contributed by atoms with Crippen molar-refractivity contribution in [1.82, 2.24) is 36.0 Å². The number of carbonyl (C=O) groups is 6. The van der Waals surface area contributed by atoms with Crippen LogP contribution in [-0.2, 0) is 33.5 Å². The van der Waals surface area contributed by atoms with Gasteiger partial charge in [-0.15, -0.1) is 11.6 Å². The van der Waals surface area contributed by atoms with Crippen molar-refractivity contribution in [3.8, 4) is 0 Å². The molecule has 4 aliphatic heterocycles. The van der Waals surface area contributed by atoms with E-state index in [1.54, 1.807) is 13.8 Å². The number of halogens is 1. The SMILES string of the molecule is CCC(C)C1NC(=O)C2CC(C)CN2C(=O)C(CC(C)C)N(C)C(=O)C2CC(O)CNN2C(=O)C2CC(Cl)CNN2C(=O)C(C(C)CC)OC1=O. The van der Waals surface area contributed by atoms with E-state index in [1.807, 2.05) is 34.6 Å². The summed E-state index contributed by atoms with van der Waals surface area (Å²) in [5.74, 6) is -4.50. The number of nitrogens with one attached hydrogen (secondary N) is 3. The van der Waals surface area contributed by atoms with Crippen molar-refractivity contribution in [2.24, 2.45) is 23.7 Å². The maximum absolute atomic E-state index is 14.5. The van der Waals surface area contributed by atoms with Crippen molar-refractivity contribution in [3.05, 3.63) is 0 Å². The van der Waals surface area contributed by atoms with Crippen LogP contribution in [0.5, 0.6) is 0 Å². The summed E-state index contributed by atoms with van der Waals surface area (Å²) in [4.78, 5) is 88.7. The molecule has 0 spiro atoms. The first-order valence-electron chi connectivity index (χ1n) is 18.5. The van der Waals surface area contributed by atoms with Gasteiger partial charge in [0.1, 0.15) is 30.2 Å². The number of aliphatic hydroxyl groups excluding tert-OH is 1. The molecule has 0 aromatic carbocycles. The highest BCUT2D eigenvalue weighted by Crippen LogP contribution is 2.29. The molecular weight excluding hydrogens is 682 g/mol. The number of likely N-dealkylation sites (N-methyl/N-ethyl adjacent to an activating group) is 1. The molecule has 0 saturated carbocycles. The molecule has 11 atom stereocenters. The molecule has 288 valence electrons. The first kappa shape index (κ1) is 40.8. The Bertz CT molecular complexity index is 1320. The van der Waals surface area contributed by atoms with Crippen molar-refractivity contribution >= 4 is 47.1 Å². The van der Waals surface area contributed by atoms with Gasteiger partial charge in [-0.05, 0) is 43.4 Å². The van der Waals surface area contributed by atoms with Gasteiger partial charge >= 0.3 is 5.97 Å². The van der Waals surface area contributed by atoms with Gasteiger partial charge in [-0.3, -0.25) is 34.0 Å². The number of nitrogens with zero attached hydrogens (tertiary/aromatic N) is 4. The minimum absolute atomic E-state index is 0.0243. The number of amides is 5. The maximum atomic E-state index is 14.5. The molecule has 4 aliphatic rings. The predicted molar refractivity (Wildman–Crippen MR) is 188 cm³/mol. The van der Waals surface area contributed by atoms with Crippen LogP contribution < -0.4 is 16.2 Å². The Morgan fingerprint density at radius 2 is 1.43 bits per heavy atom. The number of carbonyl (C=O) groups excluding carboxylic acids is 6. The molecule has 11 unspecified atom stereocenters. The number of β-amino-alcohol motifs (C(OH)–C–C–N with tert-alkyl or cyclic N) is 1. The van der Waals surface area contributed by atoms with E-state index in [0.29, 0.717) is 19.3 Å². The zero-order valence-corrected chi connectivity index (χ0v) is 32.0. The van der Waals surface area contributed by atoms with Crippen LogP contribution in [0.1, 0.15) is 87.0 Å². The summed E-state index contributed by atoms with van der Waals surface area (Å²) < 4.78 is 5.99. The van der Waals surface area contributed by atoms with Gasteiger partial charge in [0.25, 0.3) is 11.8 Å². The first-order valence-corrected chi connectivity index (χ1v) is 19.0. The second kappa shape index (κ2) is 17.2. The van der Waals surface area contributed by atoms with Gasteiger partial charge in [-0.2, -0.15) is 0 Å². The summed E-state index contributed by atoms with van der Waals surface area (Å²) >= 11 is 6.54. The zero-order chi connectivity index (χ0) is 37.9. The summed E-state index contributed by atoms with van der Waals surface area (Å²) in [6.07, 6.45) is -0.779. The summed E-state index contributed by atoms with van der Waals surface area (Å²) in [5, 5.41) is 15.3. The lowest BCUT2D eigenvalue weighted by atomic mass is 9.96. The Morgan fingerprint density at radius 1 is 0.824 bits per heavy atom. The number of alkyl halides is 1. The average Bonchev–Trinajstić information content (AvgIpc) is 3.50. The molecule has 4 saturated heterocycles. The van der Waals surface area contributed by atoms with Gasteiger partial charge in [0.15, 0.2) is 6.10 Å². The first-order chi connectivity index (χ1) is 24.0. The van der Waals surface area contributed by atoms with Crippen LogP contribution in [0.2, 0.25) is 0 Å². The van der Waals surface area contributed by atoms with E-state index in [4.69, 9.17) is 16.3 Å². The Hall–Kier alpha value is -3.01. The minimum atomic E-state index is -1.32. The number of rotatable bonds is 6. The van der Waals surface area contributed by atoms with Gasteiger partial charge in [-0.1, -0.05) is 54.9 Å². The van der Waals surface area contributed by atoms with Crippen LogP contribution in [-0.4, -0.2) is 135 Å². The summed E-state index contributed by atoms with van der Waals surface area (Å²) in [6.45, 7) is 13.5. The smallest absolute Gasteiger partial charge is 0.329 e. The standard InChI is InChI=1S/C35H58ClN7O8/c1-9-20(6)28-35(50)51-29(21(7)10-2)34(49)43-26(13-22(36)15-37-43)33(48)42-27(14-23(44)16-38-42)31(46)40(8)25(11-18(3)4)32(47)41-17-19(5)12-24(41)30(45)39-28/h18-29,37-38,44H,9-17H2,1-8H3,(H,39,45). The molecule has 0 aromatic rings. The van der Waals surface area contributed by atoms with Crippen molar-refractivity contribution in [1.29, 1.82) is 0 Å². The molecule has 0 aromatic heterocycles. The van der Waals surface area contributed by atoms with Crippen LogP contribution in [0, 0.1) is 23.7 Å². The molecule has 4 rings (SSSR count). The molecule has 4 fully saturated rings. The molecule has 4 N–H and O–H groups in total. The normalized spacial score (nSPS) is 34.7. The van der Waals surface area contributed by atoms with E-state index >= 15 is 0 Å². The van der Waals surface area contributed by atoms with E-state index < -0.39 is 89.2 Å². The van der Waals surface area contributed by atoms with Crippen LogP contribution in [0.4, 0.5) is 0 Å². The topological polar surface area (TPSA) is 181 Å². The maximum Gasteiger partial charge on any atom is 0.329 e. The predicted octanol–water partition coefficient (Wildman–Crippen LogP) is 0.778. The second-order valence-electron chi connectivity index (χ2n) is 15.5. The number of fused-ring (bicyclic) bond motifs is 3. The van der Waals surface area contributed by atoms with Crippen molar-refractivity contribution in [2.75, 3.05) is 26.7 Å². The van der Waals surface area contributed by atoms with Crippen LogP contribution in [0.25, 0.3) is 0 Å². The monoisotopic (exact) mass is 739 g/mol. The minimum Gasteiger partial charge on any atom is -0.450 e. The third-order valence-electron chi connectivity index (χ3n) is 10.9. The average molecular weight is 740 g/mol. The Balaban J connectivity index is 1.86. The quantitative estimate of drug-likeness (QED) is 0.225. The van der Waals surface area contributed by atoms with Gasteiger partial charge in [0.05, 0.1) is 11.5 Å². The number of esters is 1. The van der Waals surface area contributed by atoms with Crippen molar-refractivity contribution < 1.29 is 38.6 Å². The Labute approximate surface area is 306 Å². The lowest BCUT2D eigenvalue weighted by Gasteiger charge is -2.45. The third kappa shape index (κ3) is 8.97. The van der Waals surface area contributed by atoms with Crippen LogP contribution in [0.3, 0.4) is 0 Å². The fraction of sp³-hybridized carbons (Fsp3) is 0.829. The molecule has 0 bridgehead atoms. The fourth-order valence-corrected chi connectivity index (χ4v) is 7.65. The molecule has 4 heterocycles. The van der Waals surface area contributed by atoms with Gasteiger partial charge in [0.2, 0.25) is 17.7 Å². The zero-order valence-electron chi connectivity index (χ0n) is 31.3. The molecule has 15 nitrogen and oxygen atoms in total. The number of aliphatic hydroxyl groups is 1. The highest BCUT2D eigenvalue weighted by molar-refractivity contribution is 6.21. The molecule has 5 amide bonds. The summed E-state index contributed by atoms with van der Waals surface area (Å²) in [7, 11) is 1.50. The molecule has 51 heavy (non-hydrogen) atoms. The number of hydrogen-bond donors (Lipinski definition) is 4. The van der Waals surface area contributed by atoms with E-state index in [1.165, 1.54) is 16.8 Å². The Kier molecular flexibility index (Phi) is 13.8. The van der Waals surface area contributed by atoms with Gasteiger partial charge in [0, 0.05) is 39.0 Å². The lowest BCUT2D eigenvalue weighted by molar-refractivity contribution is -0.175. The van der Waals surface area contributed by atoms with Gasteiger partial charge < -0.3 is 25.0 Å². The lowest BCUT2D eigenvalue weighted by Crippen LogP contribution is -2.70. The molecular formula is C35H58ClN7O8. The largest absolute Gasteiger partial charge is 0.450 e. The molecule has 0 radical (unpaired) electrons. The van der Waals surface area contributed by atoms with Crippen molar-refractivity contribution in [2.45, 2.75) is 135 Å². The summed E-state index contributed by atoms with van der Waals surface area (Å²) in [5.41, 5.74) is 5.85. The van der Waals surface area contributed by atoms with Crippen LogP contribution in [0.15, 0.2) is 0 Å². The number of hydrazine groups is 2. The van der Waals surface area contributed by atoms with E-state index in [0.717, 1.165) is 10.0 Å². The summed E-state index contributed by atoms with van der Waals surface area (Å²) in [6, 6.07) is -5.44. The number of hydrogen-bond acceptors (Lipinski definition) is 10.